The van der Waals surface area contributed by atoms with Gasteiger partial charge in [0, 0.05) is 24.2 Å². The Labute approximate surface area is 179 Å². The van der Waals surface area contributed by atoms with Crippen LogP contribution in [0.1, 0.15) is 18.1 Å². The van der Waals surface area contributed by atoms with Gasteiger partial charge in [-0.05, 0) is 17.5 Å². The molecule has 2 rings (SSSR count). The van der Waals surface area contributed by atoms with Gasteiger partial charge >= 0.3 is 5.97 Å². The van der Waals surface area contributed by atoms with Crippen LogP contribution in [-0.4, -0.2) is 39.6 Å². The monoisotopic (exact) mass is 431 g/mol. The summed E-state index contributed by atoms with van der Waals surface area (Å²) in [7, 11) is 0. The molecule has 0 aliphatic rings. The maximum absolute atomic E-state index is 12.8. The van der Waals surface area contributed by atoms with Crippen LogP contribution in [0.15, 0.2) is 60.7 Å². The zero-order valence-corrected chi connectivity index (χ0v) is 17.9. The molecule has 0 fully saturated rings. The number of carbonyl (C=O) groups is 3. The van der Waals surface area contributed by atoms with Gasteiger partial charge in [-0.15, -0.1) is 0 Å². The maximum atomic E-state index is 12.8. The fraction of sp³-hybridized carbons (Fsp3) is 0.318. The van der Waals surface area contributed by atoms with Crippen molar-refractivity contribution in [3.05, 3.63) is 71.8 Å². The van der Waals surface area contributed by atoms with Gasteiger partial charge in [0.25, 0.3) is 0 Å². The van der Waals surface area contributed by atoms with E-state index in [1.54, 1.807) is 0 Å². The zero-order chi connectivity index (χ0) is 21.1. The summed E-state index contributed by atoms with van der Waals surface area (Å²) in [5.41, 5.74) is 2.08. The van der Waals surface area contributed by atoms with Crippen molar-refractivity contribution in [1.82, 2.24) is 5.32 Å². The van der Waals surface area contributed by atoms with E-state index >= 15 is 0 Å². The van der Waals surface area contributed by atoms with Crippen molar-refractivity contribution < 1.29 is 19.5 Å². The number of carbonyl (C=O) groups excluding carboxylic acids is 2. The molecule has 29 heavy (non-hydrogen) atoms. The standard InChI is InChI=1S/C22H25NO4S2/c1-16(24)29-14-19(12-17-8-4-2-5-9-17)21(25)23-20(22(26)27)15-28-13-18-10-6-3-7-11-18/h2-11,19-20H,12-15H2,1H3,(H,23,25)(H,26,27)/t19?,20-/m0/s1. The van der Waals surface area contributed by atoms with Gasteiger partial charge in [-0.3, -0.25) is 9.59 Å². The van der Waals surface area contributed by atoms with E-state index in [4.69, 9.17) is 0 Å². The molecule has 0 bridgehead atoms. The van der Waals surface area contributed by atoms with Crippen molar-refractivity contribution in [1.29, 1.82) is 0 Å². The van der Waals surface area contributed by atoms with Crippen molar-refractivity contribution in [2.24, 2.45) is 5.92 Å². The Balaban J connectivity index is 1.96. The van der Waals surface area contributed by atoms with Crippen molar-refractivity contribution in [2.45, 2.75) is 25.1 Å². The van der Waals surface area contributed by atoms with Crippen molar-refractivity contribution in [3.8, 4) is 0 Å². The lowest BCUT2D eigenvalue weighted by molar-refractivity contribution is -0.141. The Morgan fingerprint density at radius 1 is 0.931 bits per heavy atom. The molecule has 2 atom stereocenters. The van der Waals surface area contributed by atoms with Crippen LogP contribution in [0, 0.1) is 5.92 Å². The minimum atomic E-state index is -1.06. The minimum absolute atomic E-state index is 0.0657. The molecule has 2 aromatic rings. The molecule has 0 aromatic heterocycles. The first-order chi connectivity index (χ1) is 14.0. The lowest BCUT2D eigenvalue weighted by Gasteiger charge is -2.20. The number of carboxylic acids is 1. The van der Waals surface area contributed by atoms with Gasteiger partial charge in [-0.1, -0.05) is 72.4 Å². The van der Waals surface area contributed by atoms with Crippen LogP contribution in [0.4, 0.5) is 0 Å². The highest BCUT2D eigenvalue weighted by Gasteiger charge is 2.26. The number of carboxylic acid groups (broad SMARTS) is 1. The number of thioether (sulfide) groups is 2. The van der Waals surface area contributed by atoms with Gasteiger partial charge in [-0.2, -0.15) is 11.8 Å². The van der Waals surface area contributed by atoms with Gasteiger partial charge in [-0.25, -0.2) is 4.79 Å². The van der Waals surface area contributed by atoms with Gasteiger partial charge in [0.15, 0.2) is 5.12 Å². The second-order valence-electron chi connectivity index (χ2n) is 6.59. The highest BCUT2D eigenvalue weighted by atomic mass is 32.2. The smallest absolute Gasteiger partial charge is 0.327 e. The molecular formula is C22H25NO4S2. The summed E-state index contributed by atoms with van der Waals surface area (Å²) in [4.78, 5) is 35.8. The normalized spacial score (nSPS) is 12.7. The second kappa shape index (κ2) is 12.3. The van der Waals surface area contributed by atoms with E-state index in [1.807, 2.05) is 60.7 Å². The number of hydrogen-bond donors (Lipinski definition) is 2. The fourth-order valence-corrected chi connectivity index (χ4v) is 4.39. The highest BCUT2D eigenvalue weighted by molar-refractivity contribution is 8.13. The zero-order valence-electron chi connectivity index (χ0n) is 16.2. The predicted molar refractivity (Wildman–Crippen MR) is 119 cm³/mol. The molecule has 0 aliphatic heterocycles. The number of hydrogen-bond acceptors (Lipinski definition) is 5. The van der Waals surface area contributed by atoms with Crippen LogP contribution in [-0.2, 0) is 26.6 Å². The van der Waals surface area contributed by atoms with Crippen molar-refractivity contribution >= 4 is 40.5 Å². The summed E-state index contributed by atoms with van der Waals surface area (Å²) in [5.74, 6) is -0.610. The van der Waals surface area contributed by atoms with Crippen LogP contribution in [0.5, 0.6) is 0 Å². The Bertz CT molecular complexity index is 799. The summed E-state index contributed by atoms with van der Waals surface area (Å²) in [6.45, 7) is 1.46. The summed E-state index contributed by atoms with van der Waals surface area (Å²) < 4.78 is 0. The third kappa shape index (κ3) is 8.75. The fourth-order valence-electron chi connectivity index (χ4n) is 2.68. The lowest BCUT2D eigenvalue weighted by atomic mass is 10.00. The molecule has 2 N–H and O–H groups in total. The van der Waals surface area contributed by atoms with Gasteiger partial charge < -0.3 is 10.4 Å². The number of benzene rings is 2. The molecule has 0 heterocycles. The molecule has 5 nitrogen and oxygen atoms in total. The van der Waals surface area contributed by atoms with Gasteiger partial charge in [0.05, 0.1) is 5.92 Å². The Kier molecular flexibility index (Phi) is 9.80. The van der Waals surface area contributed by atoms with E-state index in [9.17, 15) is 19.5 Å². The van der Waals surface area contributed by atoms with Crippen LogP contribution in [0.2, 0.25) is 0 Å². The summed E-state index contributed by atoms with van der Waals surface area (Å²) in [6, 6.07) is 18.3. The first-order valence-corrected chi connectivity index (χ1v) is 11.4. The largest absolute Gasteiger partial charge is 0.480 e. The molecule has 1 amide bonds. The average molecular weight is 432 g/mol. The summed E-state index contributed by atoms with van der Waals surface area (Å²) in [5, 5.41) is 12.1. The van der Waals surface area contributed by atoms with Gasteiger partial charge in [0.2, 0.25) is 5.91 Å². The SMILES string of the molecule is CC(=O)SCC(Cc1ccccc1)C(=O)N[C@@H](CSCc1ccccc1)C(=O)O. The molecule has 1 unspecified atom stereocenters. The lowest BCUT2D eigenvalue weighted by Crippen LogP contribution is -2.46. The molecule has 2 aromatic carbocycles. The quantitative estimate of drug-likeness (QED) is 0.565. The first-order valence-electron chi connectivity index (χ1n) is 9.28. The minimum Gasteiger partial charge on any atom is -0.480 e. The third-order valence-electron chi connectivity index (χ3n) is 4.19. The topological polar surface area (TPSA) is 83.5 Å². The number of aliphatic carboxylic acids is 1. The Morgan fingerprint density at radius 2 is 1.52 bits per heavy atom. The van der Waals surface area contributed by atoms with E-state index in [0.717, 1.165) is 22.9 Å². The van der Waals surface area contributed by atoms with Crippen LogP contribution >= 0.6 is 23.5 Å². The summed E-state index contributed by atoms with van der Waals surface area (Å²) >= 11 is 2.55. The third-order valence-corrected chi connectivity index (χ3v) is 6.28. The molecule has 0 radical (unpaired) electrons. The number of nitrogens with one attached hydrogen (secondary N) is 1. The molecule has 7 heteroatoms. The Hall–Kier alpha value is -2.25. The van der Waals surface area contributed by atoms with E-state index in [2.05, 4.69) is 5.32 Å². The van der Waals surface area contributed by atoms with E-state index in [0.29, 0.717) is 17.9 Å². The van der Waals surface area contributed by atoms with Crippen LogP contribution in [0.3, 0.4) is 0 Å². The van der Waals surface area contributed by atoms with Crippen LogP contribution in [0.25, 0.3) is 0 Å². The number of rotatable bonds is 11. The van der Waals surface area contributed by atoms with Crippen LogP contribution < -0.4 is 5.32 Å². The van der Waals surface area contributed by atoms with Gasteiger partial charge in [0.1, 0.15) is 6.04 Å². The van der Waals surface area contributed by atoms with Crippen molar-refractivity contribution in [3.63, 3.8) is 0 Å². The van der Waals surface area contributed by atoms with E-state index < -0.39 is 17.9 Å². The maximum Gasteiger partial charge on any atom is 0.327 e. The summed E-state index contributed by atoms with van der Waals surface area (Å²) in [6.07, 6.45) is 0.455. The average Bonchev–Trinajstić information content (AvgIpc) is 2.71. The molecule has 0 spiro atoms. The van der Waals surface area contributed by atoms with E-state index in [1.165, 1.54) is 18.7 Å². The van der Waals surface area contributed by atoms with Crippen molar-refractivity contribution in [2.75, 3.05) is 11.5 Å². The first kappa shape index (κ1) is 23.0. The highest BCUT2D eigenvalue weighted by Crippen LogP contribution is 2.17. The van der Waals surface area contributed by atoms with E-state index in [-0.39, 0.29) is 16.8 Å². The Morgan fingerprint density at radius 3 is 2.07 bits per heavy atom. The number of amides is 1. The predicted octanol–water partition coefficient (Wildman–Crippen LogP) is 3.63. The molecular weight excluding hydrogens is 406 g/mol. The molecule has 154 valence electrons. The second-order valence-corrected chi connectivity index (χ2v) is 8.82. The molecule has 0 saturated carbocycles. The molecule has 0 aliphatic carbocycles. The molecule has 0 saturated heterocycles.